The van der Waals surface area contributed by atoms with Crippen molar-refractivity contribution in [3.05, 3.63) is 81.9 Å². The topological polar surface area (TPSA) is 138 Å². The van der Waals surface area contributed by atoms with Crippen molar-refractivity contribution in [2.75, 3.05) is 5.73 Å². The first-order chi connectivity index (χ1) is 17.7. The number of hydrogen-bond donors (Lipinski definition) is 2. The summed E-state index contributed by atoms with van der Waals surface area (Å²) in [5.74, 6) is 6.17. The van der Waals surface area contributed by atoms with E-state index in [2.05, 4.69) is 32.3 Å². The summed E-state index contributed by atoms with van der Waals surface area (Å²) < 4.78 is 4.70. The molecule has 0 unspecified atom stereocenters. The number of anilines is 1. The fraction of sp³-hybridized carbons (Fsp3) is 0.231. The molecule has 11 heteroatoms. The van der Waals surface area contributed by atoms with Gasteiger partial charge < -0.3 is 11.1 Å². The lowest BCUT2D eigenvalue weighted by atomic mass is 10.1. The third-order valence-corrected chi connectivity index (χ3v) is 5.90. The zero-order valence-electron chi connectivity index (χ0n) is 20.8. The zero-order valence-corrected chi connectivity index (χ0v) is 20.8. The second-order valence-corrected chi connectivity index (χ2v) is 8.93. The standard InChI is InChI=1S/C26H25N9O2/c1-15(2)35-23(16(3)30-25(36)21-22(27)32-34-12-6-11-28-24(21)34)31-19-8-5-7-18(20(19)26(35)37)10-9-17-13-29-33(4)14-17/h5-8,11-16H,1-4H3,(H2,27,32)(H,30,36)/t16-/m1/s1. The van der Waals surface area contributed by atoms with E-state index < -0.39 is 11.9 Å². The third kappa shape index (κ3) is 4.29. The fourth-order valence-corrected chi connectivity index (χ4v) is 4.25. The van der Waals surface area contributed by atoms with Gasteiger partial charge in [-0.1, -0.05) is 17.9 Å². The van der Waals surface area contributed by atoms with E-state index in [9.17, 15) is 9.59 Å². The van der Waals surface area contributed by atoms with Crippen molar-refractivity contribution in [1.82, 2.24) is 39.2 Å². The number of fused-ring (bicyclic) bond motifs is 2. The molecule has 1 aromatic carbocycles. The molecule has 0 saturated carbocycles. The van der Waals surface area contributed by atoms with Gasteiger partial charge >= 0.3 is 0 Å². The molecule has 5 aromatic rings. The van der Waals surface area contributed by atoms with E-state index in [4.69, 9.17) is 10.7 Å². The van der Waals surface area contributed by atoms with Crippen molar-refractivity contribution < 1.29 is 4.79 Å². The highest BCUT2D eigenvalue weighted by atomic mass is 16.2. The van der Waals surface area contributed by atoms with Crippen molar-refractivity contribution in [1.29, 1.82) is 0 Å². The Morgan fingerprint density at radius 1 is 1.16 bits per heavy atom. The molecule has 1 atom stereocenters. The lowest BCUT2D eigenvalue weighted by Crippen LogP contribution is -2.35. The normalized spacial score (nSPS) is 12.0. The zero-order chi connectivity index (χ0) is 26.3. The number of carbonyl (C=O) groups excluding carboxylic acids is 1. The predicted molar refractivity (Wildman–Crippen MR) is 139 cm³/mol. The van der Waals surface area contributed by atoms with Crippen LogP contribution in [0.25, 0.3) is 16.6 Å². The van der Waals surface area contributed by atoms with Gasteiger partial charge in [0, 0.05) is 37.2 Å². The van der Waals surface area contributed by atoms with Gasteiger partial charge in [-0.2, -0.15) is 5.10 Å². The smallest absolute Gasteiger partial charge is 0.262 e. The summed E-state index contributed by atoms with van der Waals surface area (Å²) in [5.41, 5.74) is 8.09. The van der Waals surface area contributed by atoms with Crippen LogP contribution in [0, 0.1) is 11.8 Å². The molecule has 11 nitrogen and oxygen atoms in total. The molecule has 0 radical (unpaired) electrons. The number of amides is 1. The minimum absolute atomic E-state index is 0.0629. The van der Waals surface area contributed by atoms with Gasteiger partial charge in [-0.25, -0.2) is 14.5 Å². The van der Waals surface area contributed by atoms with Crippen molar-refractivity contribution in [2.45, 2.75) is 32.9 Å². The van der Waals surface area contributed by atoms with Crippen molar-refractivity contribution in [3.8, 4) is 11.8 Å². The minimum Gasteiger partial charge on any atom is -0.381 e. The predicted octanol–water partition coefficient (Wildman–Crippen LogP) is 2.23. The van der Waals surface area contributed by atoms with Gasteiger partial charge in [-0.15, -0.1) is 5.10 Å². The number of carbonyl (C=O) groups is 1. The highest BCUT2D eigenvalue weighted by Gasteiger charge is 2.25. The summed E-state index contributed by atoms with van der Waals surface area (Å²) in [5, 5.41) is 11.6. The first-order valence-electron chi connectivity index (χ1n) is 11.7. The SMILES string of the molecule is CC(C)n1c([C@@H](C)NC(=O)c2c(N)nn3cccnc23)nc2cccc(C#Cc3cnn(C)c3)c2c1=O. The Labute approximate surface area is 212 Å². The molecule has 4 aromatic heterocycles. The fourth-order valence-electron chi connectivity index (χ4n) is 4.25. The van der Waals surface area contributed by atoms with E-state index in [-0.39, 0.29) is 23.0 Å². The van der Waals surface area contributed by atoms with Gasteiger partial charge in [0.05, 0.1) is 28.7 Å². The molecule has 0 spiro atoms. The number of nitrogens with two attached hydrogens (primary N) is 1. The van der Waals surface area contributed by atoms with E-state index >= 15 is 0 Å². The molecule has 0 saturated heterocycles. The Morgan fingerprint density at radius 2 is 1.97 bits per heavy atom. The number of nitrogens with zero attached hydrogens (tertiary/aromatic N) is 7. The van der Waals surface area contributed by atoms with Gasteiger partial charge in [0.1, 0.15) is 11.4 Å². The Hall–Kier alpha value is -4.98. The summed E-state index contributed by atoms with van der Waals surface area (Å²) in [6, 6.07) is 6.23. The molecule has 0 fully saturated rings. The highest BCUT2D eigenvalue weighted by molar-refractivity contribution is 6.04. The van der Waals surface area contributed by atoms with Gasteiger partial charge in [-0.05, 0) is 39.0 Å². The van der Waals surface area contributed by atoms with Crippen LogP contribution in [0.5, 0.6) is 0 Å². The largest absolute Gasteiger partial charge is 0.381 e. The molecule has 0 aliphatic carbocycles. The summed E-state index contributed by atoms with van der Waals surface area (Å²) in [7, 11) is 1.82. The van der Waals surface area contributed by atoms with Gasteiger partial charge in [0.15, 0.2) is 11.5 Å². The lowest BCUT2D eigenvalue weighted by Gasteiger charge is -2.22. The van der Waals surface area contributed by atoms with Crippen LogP contribution in [-0.4, -0.2) is 39.8 Å². The first-order valence-corrected chi connectivity index (χ1v) is 11.7. The number of aromatic nitrogens is 7. The van der Waals surface area contributed by atoms with Crippen LogP contribution >= 0.6 is 0 Å². The van der Waals surface area contributed by atoms with Crippen LogP contribution in [0.2, 0.25) is 0 Å². The summed E-state index contributed by atoms with van der Waals surface area (Å²) in [6.45, 7) is 5.56. The van der Waals surface area contributed by atoms with Gasteiger partial charge in [0.25, 0.3) is 11.5 Å². The minimum atomic E-state index is -0.616. The van der Waals surface area contributed by atoms with E-state index in [1.807, 2.05) is 20.9 Å². The molecule has 0 aliphatic rings. The molecule has 0 aliphatic heterocycles. The maximum atomic E-state index is 13.8. The van der Waals surface area contributed by atoms with E-state index in [1.165, 1.54) is 4.52 Å². The molecular formula is C26H25N9O2. The van der Waals surface area contributed by atoms with E-state index in [0.29, 0.717) is 27.9 Å². The van der Waals surface area contributed by atoms with Gasteiger partial charge in [-0.3, -0.25) is 18.8 Å². The summed E-state index contributed by atoms with van der Waals surface area (Å²) >= 11 is 0. The number of nitrogen functional groups attached to an aromatic ring is 1. The first kappa shape index (κ1) is 23.7. The van der Waals surface area contributed by atoms with E-state index in [1.54, 1.807) is 65.2 Å². The van der Waals surface area contributed by atoms with Crippen LogP contribution in [0.15, 0.2) is 53.8 Å². The quantitative estimate of drug-likeness (QED) is 0.365. The molecule has 0 bridgehead atoms. The van der Waals surface area contributed by atoms with Crippen LogP contribution in [0.4, 0.5) is 5.82 Å². The van der Waals surface area contributed by atoms with Crippen LogP contribution in [0.3, 0.4) is 0 Å². The number of benzene rings is 1. The number of hydrogen-bond acceptors (Lipinski definition) is 7. The summed E-state index contributed by atoms with van der Waals surface area (Å²) in [6.07, 6.45) is 6.69. The average Bonchev–Trinajstić information content (AvgIpc) is 3.43. The van der Waals surface area contributed by atoms with Crippen molar-refractivity contribution in [2.24, 2.45) is 7.05 Å². The summed E-state index contributed by atoms with van der Waals surface area (Å²) in [4.78, 5) is 36.0. The molecular weight excluding hydrogens is 470 g/mol. The number of nitrogens with one attached hydrogen (secondary N) is 1. The number of rotatable bonds is 4. The third-order valence-electron chi connectivity index (χ3n) is 5.90. The van der Waals surface area contributed by atoms with Crippen LogP contribution in [0.1, 0.15) is 60.2 Å². The highest BCUT2D eigenvalue weighted by Crippen LogP contribution is 2.21. The molecule has 4 heterocycles. The van der Waals surface area contributed by atoms with Crippen LogP contribution in [-0.2, 0) is 7.05 Å². The Morgan fingerprint density at radius 3 is 2.70 bits per heavy atom. The monoisotopic (exact) mass is 495 g/mol. The van der Waals surface area contributed by atoms with Crippen LogP contribution < -0.4 is 16.6 Å². The molecule has 5 rings (SSSR count). The Balaban J connectivity index is 1.57. The number of aryl methyl sites for hydroxylation is 1. The molecule has 3 N–H and O–H groups in total. The molecule has 37 heavy (non-hydrogen) atoms. The lowest BCUT2D eigenvalue weighted by molar-refractivity contribution is 0.0939. The van der Waals surface area contributed by atoms with Crippen molar-refractivity contribution >= 4 is 28.3 Å². The molecule has 186 valence electrons. The Kier molecular flexibility index (Phi) is 5.93. The average molecular weight is 496 g/mol. The maximum absolute atomic E-state index is 13.8. The Bertz CT molecular complexity index is 1780. The van der Waals surface area contributed by atoms with Gasteiger partial charge in [0.2, 0.25) is 0 Å². The second-order valence-electron chi connectivity index (χ2n) is 8.93. The van der Waals surface area contributed by atoms with Crippen molar-refractivity contribution in [3.63, 3.8) is 0 Å². The molecule has 1 amide bonds. The second kappa shape index (κ2) is 9.23. The maximum Gasteiger partial charge on any atom is 0.262 e. The van der Waals surface area contributed by atoms with E-state index in [0.717, 1.165) is 5.56 Å².